The first-order chi connectivity index (χ1) is 23.4. The molecule has 4 bridgehead atoms. The summed E-state index contributed by atoms with van der Waals surface area (Å²) in [5.74, 6) is -2.55. The summed E-state index contributed by atoms with van der Waals surface area (Å²) < 4.78 is 0. The molecule has 0 spiro atoms. The van der Waals surface area contributed by atoms with Crippen molar-refractivity contribution in [2.75, 3.05) is 32.7 Å². The van der Waals surface area contributed by atoms with Crippen LogP contribution in [0.1, 0.15) is 36.8 Å². The van der Waals surface area contributed by atoms with Gasteiger partial charge >= 0.3 is 0 Å². The van der Waals surface area contributed by atoms with Crippen LogP contribution in [-0.4, -0.2) is 97.6 Å². The molecule has 2 aromatic carbocycles. The van der Waals surface area contributed by atoms with Crippen molar-refractivity contribution in [3.05, 3.63) is 53.6 Å². The summed E-state index contributed by atoms with van der Waals surface area (Å²) in [6, 6.07) is 7.52. The van der Waals surface area contributed by atoms with Gasteiger partial charge in [0.2, 0.25) is 29.5 Å². The van der Waals surface area contributed by atoms with Crippen LogP contribution >= 0.6 is 0 Å². The number of phenols is 1. The number of carbonyl (C=O) groups excluding carboxylic acids is 5. The van der Waals surface area contributed by atoms with Crippen LogP contribution in [0, 0.1) is 0 Å². The molecule has 1 aliphatic rings. The first kappa shape index (κ1) is 38.8. The molecule has 0 fully saturated rings. The van der Waals surface area contributed by atoms with E-state index < -0.39 is 53.8 Å². The molecule has 5 atom stereocenters. The number of aromatic hydroxyl groups is 1. The normalized spacial score (nSPS) is 19.2. The molecule has 3 rings (SSSR count). The van der Waals surface area contributed by atoms with Gasteiger partial charge in [0.15, 0.2) is 0 Å². The molecule has 0 saturated heterocycles. The van der Waals surface area contributed by atoms with Crippen LogP contribution in [0.4, 0.5) is 0 Å². The number of hydrogen-bond donors (Lipinski definition) is 11. The molecule has 2 aromatic rings. The molecule has 0 unspecified atom stereocenters. The fraction of sp³-hybridized carbons (Fsp3) is 0.485. The topological polar surface area (TPSA) is 296 Å². The lowest BCUT2D eigenvalue weighted by Crippen LogP contribution is -2.56. The maximum Gasteiger partial charge on any atom is 0.243 e. The van der Waals surface area contributed by atoms with Crippen LogP contribution in [0.25, 0.3) is 11.1 Å². The van der Waals surface area contributed by atoms with E-state index in [0.717, 1.165) is 16.7 Å². The van der Waals surface area contributed by atoms with Crippen LogP contribution in [-0.2, 0) is 36.8 Å². The highest BCUT2D eigenvalue weighted by Crippen LogP contribution is 2.28. The van der Waals surface area contributed by atoms with E-state index in [4.69, 9.17) is 28.7 Å². The summed E-state index contributed by atoms with van der Waals surface area (Å²) in [5.41, 5.74) is 31.9. The van der Waals surface area contributed by atoms with Crippen molar-refractivity contribution in [2.24, 2.45) is 28.7 Å². The van der Waals surface area contributed by atoms with Crippen LogP contribution in [0.3, 0.4) is 0 Å². The Morgan fingerprint density at radius 3 is 2.14 bits per heavy atom. The standard InChI is InChI=1S/C33H50N10O6/c34-10-2-5-26-33(49)43-27(32(48)40-13-9-23(36)29(45)39-12-8-24(37)30(46)41-14-11-35)16-19-3-1-4-20(15-19)21-6-7-28(44)22(17-21)18-25(38)31(47)42-26/h1,3-4,6-7,15,17,23-27,44H,2,5,8-14,16,18,34-38H2,(H,39,45)(H,40,48)(H,41,46)(H,42,47)(H,43,49)/t23-,24-,25-,26-,27-/m0/s1. The second kappa shape index (κ2) is 19.4. The van der Waals surface area contributed by atoms with Crippen molar-refractivity contribution in [1.29, 1.82) is 0 Å². The Labute approximate surface area is 285 Å². The molecule has 0 radical (unpaired) electrons. The zero-order valence-electron chi connectivity index (χ0n) is 27.6. The molecule has 0 aliphatic carbocycles. The van der Waals surface area contributed by atoms with E-state index in [2.05, 4.69) is 26.6 Å². The third-order valence-electron chi connectivity index (χ3n) is 8.15. The average Bonchev–Trinajstić information content (AvgIpc) is 3.08. The molecule has 16 N–H and O–H groups in total. The van der Waals surface area contributed by atoms with Crippen molar-refractivity contribution in [2.45, 2.75) is 68.7 Å². The lowest BCUT2D eigenvalue weighted by atomic mass is 9.96. The van der Waals surface area contributed by atoms with Crippen molar-refractivity contribution >= 4 is 29.5 Å². The fourth-order valence-corrected chi connectivity index (χ4v) is 5.27. The average molecular weight is 683 g/mol. The molecule has 0 saturated carbocycles. The van der Waals surface area contributed by atoms with Crippen molar-refractivity contribution in [3.63, 3.8) is 0 Å². The van der Waals surface area contributed by atoms with Crippen LogP contribution in [0.15, 0.2) is 42.5 Å². The molecule has 0 aromatic heterocycles. The summed E-state index contributed by atoms with van der Waals surface area (Å²) in [5, 5.41) is 23.9. The minimum Gasteiger partial charge on any atom is -0.508 e. The number of phenolic OH excluding ortho intramolecular Hbond substituents is 1. The summed E-state index contributed by atoms with van der Waals surface area (Å²) in [4.78, 5) is 64.5. The second-order valence-corrected chi connectivity index (χ2v) is 12.1. The van der Waals surface area contributed by atoms with E-state index in [1.165, 1.54) is 6.07 Å². The second-order valence-electron chi connectivity index (χ2n) is 12.1. The van der Waals surface area contributed by atoms with Crippen LogP contribution in [0.2, 0.25) is 0 Å². The highest BCUT2D eigenvalue weighted by Gasteiger charge is 2.29. The third-order valence-corrected chi connectivity index (χ3v) is 8.15. The van der Waals surface area contributed by atoms with Gasteiger partial charge in [-0.15, -0.1) is 0 Å². The minimum absolute atomic E-state index is 0.00822. The molecule has 1 heterocycles. The summed E-state index contributed by atoms with van der Waals surface area (Å²) in [6.45, 7) is 1.01. The molecular weight excluding hydrogens is 632 g/mol. The Morgan fingerprint density at radius 1 is 0.816 bits per heavy atom. The Bertz CT molecular complexity index is 1460. The number of hydrogen-bond acceptors (Lipinski definition) is 11. The van der Waals surface area contributed by atoms with Gasteiger partial charge in [-0.3, -0.25) is 24.0 Å². The largest absolute Gasteiger partial charge is 0.508 e. The molecule has 49 heavy (non-hydrogen) atoms. The number of benzene rings is 2. The predicted octanol–water partition coefficient (Wildman–Crippen LogP) is -3.06. The van der Waals surface area contributed by atoms with Crippen LogP contribution < -0.4 is 55.3 Å². The number of carbonyl (C=O) groups is 5. The molecular formula is C33H50N10O6. The Morgan fingerprint density at radius 2 is 1.47 bits per heavy atom. The van der Waals surface area contributed by atoms with Gasteiger partial charge in [-0.25, -0.2) is 0 Å². The molecule has 16 heteroatoms. The third kappa shape index (κ3) is 12.1. The summed E-state index contributed by atoms with van der Waals surface area (Å²) in [6.07, 6.45) is 1.05. The van der Waals surface area contributed by atoms with E-state index in [1.54, 1.807) is 12.1 Å². The van der Waals surface area contributed by atoms with Gasteiger partial charge in [0.25, 0.3) is 0 Å². The first-order valence-electron chi connectivity index (χ1n) is 16.4. The smallest absolute Gasteiger partial charge is 0.243 e. The number of rotatable bonds is 14. The van der Waals surface area contributed by atoms with Gasteiger partial charge in [-0.1, -0.05) is 30.3 Å². The van der Waals surface area contributed by atoms with Crippen molar-refractivity contribution < 1.29 is 29.1 Å². The number of nitrogens with one attached hydrogen (secondary N) is 5. The summed E-state index contributed by atoms with van der Waals surface area (Å²) >= 11 is 0. The van der Waals surface area contributed by atoms with Crippen molar-refractivity contribution in [1.82, 2.24) is 26.6 Å². The van der Waals surface area contributed by atoms with Gasteiger partial charge in [-0.2, -0.15) is 0 Å². The minimum atomic E-state index is -1.07. The maximum atomic E-state index is 13.5. The van der Waals surface area contributed by atoms with Gasteiger partial charge in [0, 0.05) is 39.0 Å². The fourth-order valence-electron chi connectivity index (χ4n) is 5.27. The Kier molecular flexibility index (Phi) is 15.4. The lowest BCUT2D eigenvalue weighted by Gasteiger charge is -2.24. The Hall–Kier alpha value is -4.61. The van der Waals surface area contributed by atoms with Gasteiger partial charge < -0.3 is 60.4 Å². The van der Waals surface area contributed by atoms with E-state index in [9.17, 15) is 29.1 Å². The zero-order valence-corrected chi connectivity index (χ0v) is 27.6. The van der Waals surface area contributed by atoms with E-state index >= 15 is 0 Å². The summed E-state index contributed by atoms with van der Waals surface area (Å²) in [7, 11) is 0. The number of fused-ring (bicyclic) bond motifs is 5. The number of amides is 5. The van der Waals surface area contributed by atoms with E-state index in [-0.39, 0.29) is 69.9 Å². The zero-order chi connectivity index (χ0) is 35.9. The first-order valence-corrected chi connectivity index (χ1v) is 16.4. The highest BCUT2D eigenvalue weighted by molar-refractivity contribution is 5.93. The van der Waals surface area contributed by atoms with Gasteiger partial charge in [0.1, 0.15) is 17.8 Å². The Balaban J connectivity index is 1.73. The maximum absolute atomic E-state index is 13.5. The highest BCUT2D eigenvalue weighted by atomic mass is 16.3. The van der Waals surface area contributed by atoms with Crippen molar-refractivity contribution in [3.8, 4) is 16.9 Å². The molecule has 5 amide bonds. The number of nitrogens with two attached hydrogens (primary N) is 5. The quantitative estimate of drug-likeness (QED) is 0.0950. The van der Waals surface area contributed by atoms with Gasteiger partial charge in [0.05, 0.1) is 18.1 Å². The SMILES string of the molecule is NCCC[C@@H]1NC(=O)[C@@H](N)Cc2cc(ccc2O)-c2cccc(c2)C[C@@H](C(=O)NCC[C@H](N)C(=O)NCC[C@H](N)C(=O)NCCN)NC1=O. The van der Waals surface area contributed by atoms with Crippen LogP contribution in [0.5, 0.6) is 5.75 Å². The predicted molar refractivity (Wildman–Crippen MR) is 184 cm³/mol. The van der Waals surface area contributed by atoms with Gasteiger partial charge in [-0.05, 0) is 66.6 Å². The molecule has 16 nitrogen and oxygen atoms in total. The molecule has 268 valence electrons. The monoisotopic (exact) mass is 682 g/mol. The van der Waals surface area contributed by atoms with E-state index in [0.29, 0.717) is 18.5 Å². The molecule has 1 aliphatic heterocycles. The van der Waals surface area contributed by atoms with E-state index in [1.807, 2.05) is 24.3 Å². The lowest BCUT2D eigenvalue weighted by molar-refractivity contribution is -0.132.